The highest BCUT2D eigenvalue weighted by Crippen LogP contribution is 2.20. The van der Waals surface area contributed by atoms with Gasteiger partial charge in [-0.3, -0.25) is 9.71 Å². The zero-order chi connectivity index (χ0) is 19.4. The molecule has 0 fully saturated rings. The van der Waals surface area contributed by atoms with Gasteiger partial charge in [0.05, 0.1) is 5.69 Å². The van der Waals surface area contributed by atoms with E-state index in [1.54, 1.807) is 18.5 Å². The van der Waals surface area contributed by atoms with Crippen LogP contribution in [0.25, 0.3) is 0 Å². The van der Waals surface area contributed by atoms with E-state index >= 15 is 0 Å². The third-order valence-electron chi connectivity index (χ3n) is 3.68. The molecule has 0 aliphatic carbocycles. The maximum atomic E-state index is 13.2. The van der Waals surface area contributed by atoms with E-state index in [4.69, 9.17) is 0 Å². The number of hydrogen-bond acceptors (Lipinski definition) is 5. The molecule has 0 amide bonds. The molecule has 0 bridgehead atoms. The summed E-state index contributed by atoms with van der Waals surface area (Å²) in [5, 5.41) is 0. The van der Waals surface area contributed by atoms with Crippen LogP contribution < -0.4 is 9.62 Å². The van der Waals surface area contributed by atoms with Gasteiger partial charge in [-0.25, -0.2) is 22.2 Å². The monoisotopic (exact) mass is 390 g/mol. The van der Waals surface area contributed by atoms with Crippen LogP contribution in [0.1, 0.15) is 5.56 Å². The van der Waals surface area contributed by atoms with Gasteiger partial charge < -0.3 is 4.90 Å². The van der Waals surface area contributed by atoms with Crippen LogP contribution in [-0.2, 0) is 16.6 Å². The lowest BCUT2D eigenvalue weighted by atomic mass is 10.2. The fourth-order valence-electron chi connectivity index (χ4n) is 2.43. The zero-order valence-electron chi connectivity index (χ0n) is 14.3. The van der Waals surface area contributed by atoms with E-state index in [2.05, 4.69) is 14.7 Å². The van der Waals surface area contributed by atoms with Crippen LogP contribution in [-0.4, -0.2) is 25.4 Å². The van der Waals surface area contributed by atoms with Gasteiger partial charge >= 0.3 is 0 Å². The van der Waals surface area contributed by atoms with Gasteiger partial charge in [-0.2, -0.15) is 0 Å². The number of benzene rings is 1. The molecule has 1 N–H and O–H groups in total. The lowest BCUT2D eigenvalue weighted by Crippen LogP contribution is -2.18. The topological polar surface area (TPSA) is 75.2 Å². The van der Waals surface area contributed by atoms with Crippen molar-refractivity contribution in [2.75, 3.05) is 16.7 Å². The molecule has 0 aliphatic heterocycles. The highest BCUT2D eigenvalue weighted by Gasteiger charge is 2.16. The van der Waals surface area contributed by atoms with E-state index in [-0.39, 0.29) is 10.6 Å². The molecular formula is C18H16F2N4O2S. The number of pyridine rings is 2. The van der Waals surface area contributed by atoms with Crippen LogP contribution in [0.4, 0.5) is 20.3 Å². The van der Waals surface area contributed by atoms with Crippen molar-refractivity contribution in [3.63, 3.8) is 0 Å². The Morgan fingerprint density at radius 1 is 1.07 bits per heavy atom. The Labute approximate surface area is 155 Å². The summed E-state index contributed by atoms with van der Waals surface area (Å²) in [5.74, 6) is -1.19. The largest absolute Gasteiger partial charge is 0.355 e. The molecule has 0 unspecified atom stereocenters. The molecular weight excluding hydrogens is 374 g/mol. The van der Waals surface area contributed by atoms with Crippen LogP contribution in [0.2, 0.25) is 0 Å². The molecule has 0 saturated carbocycles. The molecule has 2 heterocycles. The smallest absolute Gasteiger partial charge is 0.263 e. The summed E-state index contributed by atoms with van der Waals surface area (Å²) in [6, 6.07) is 9.12. The minimum Gasteiger partial charge on any atom is -0.355 e. The maximum absolute atomic E-state index is 13.2. The number of sulfonamides is 1. The second-order valence-corrected chi connectivity index (χ2v) is 7.52. The Hall–Kier alpha value is -3.07. The lowest BCUT2D eigenvalue weighted by molar-refractivity contribution is 0.584. The van der Waals surface area contributed by atoms with Crippen molar-refractivity contribution in [3.8, 4) is 0 Å². The fraction of sp³-hybridized carbons (Fsp3) is 0.111. The third-order valence-corrected chi connectivity index (χ3v) is 5.05. The third kappa shape index (κ3) is 4.76. The summed E-state index contributed by atoms with van der Waals surface area (Å²) < 4.78 is 53.4. The van der Waals surface area contributed by atoms with Crippen LogP contribution in [0, 0.1) is 11.6 Å². The minimum atomic E-state index is -4.02. The van der Waals surface area contributed by atoms with Crippen molar-refractivity contribution in [1.82, 2.24) is 9.97 Å². The highest BCUT2D eigenvalue weighted by molar-refractivity contribution is 7.92. The molecule has 3 aromatic rings. The van der Waals surface area contributed by atoms with Crippen LogP contribution in [0.3, 0.4) is 0 Å². The quantitative estimate of drug-likeness (QED) is 0.700. The number of anilines is 2. The Balaban J connectivity index is 1.75. The molecule has 3 rings (SSSR count). The summed E-state index contributed by atoms with van der Waals surface area (Å²) in [4.78, 5) is 9.91. The van der Waals surface area contributed by atoms with Crippen LogP contribution in [0.5, 0.6) is 0 Å². The number of aromatic nitrogens is 2. The van der Waals surface area contributed by atoms with Crippen molar-refractivity contribution in [1.29, 1.82) is 0 Å². The number of nitrogens with one attached hydrogen (secondary N) is 1. The summed E-state index contributed by atoms with van der Waals surface area (Å²) >= 11 is 0. The zero-order valence-corrected chi connectivity index (χ0v) is 15.1. The van der Waals surface area contributed by atoms with E-state index in [0.29, 0.717) is 18.4 Å². The van der Waals surface area contributed by atoms with Crippen molar-refractivity contribution >= 4 is 21.5 Å². The standard InChI is InChI=1S/C18H16F2N4O2S/c1-24(12-13-3-2-6-21-10-13)18-5-4-17(11-22-18)27(25,26)23-16-8-14(19)7-15(20)9-16/h2-11,23H,12H2,1H3. The Morgan fingerprint density at radius 3 is 2.41 bits per heavy atom. The van der Waals surface area contributed by atoms with E-state index in [0.717, 1.165) is 17.7 Å². The molecule has 0 saturated heterocycles. The molecule has 0 spiro atoms. The molecule has 0 aliphatic rings. The van der Waals surface area contributed by atoms with Gasteiger partial charge in [-0.05, 0) is 35.9 Å². The van der Waals surface area contributed by atoms with Crippen molar-refractivity contribution in [2.45, 2.75) is 11.4 Å². The summed E-state index contributed by atoms with van der Waals surface area (Å²) in [7, 11) is -2.21. The van der Waals surface area contributed by atoms with Gasteiger partial charge in [0.2, 0.25) is 0 Å². The molecule has 0 radical (unpaired) electrons. The van der Waals surface area contributed by atoms with Crippen molar-refractivity contribution in [2.24, 2.45) is 0 Å². The van der Waals surface area contributed by atoms with Crippen LogP contribution in [0.15, 0.2) is 66.0 Å². The van der Waals surface area contributed by atoms with Gasteiger partial charge in [0.25, 0.3) is 10.0 Å². The Kier molecular flexibility index (Phi) is 5.31. The molecule has 1 aromatic carbocycles. The molecule has 2 aromatic heterocycles. The minimum absolute atomic E-state index is 0.120. The first-order valence-corrected chi connectivity index (χ1v) is 9.37. The second-order valence-electron chi connectivity index (χ2n) is 5.83. The SMILES string of the molecule is CN(Cc1cccnc1)c1ccc(S(=O)(=O)Nc2cc(F)cc(F)c2)cn1. The molecule has 6 nitrogen and oxygen atoms in total. The fourth-order valence-corrected chi connectivity index (χ4v) is 3.42. The van der Waals surface area contributed by atoms with Crippen molar-refractivity contribution in [3.05, 3.63) is 78.3 Å². The first kappa shape index (κ1) is 18.7. The molecule has 0 atom stereocenters. The van der Waals surface area contributed by atoms with Crippen LogP contribution >= 0.6 is 0 Å². The average Bonchev–Trinajstić information content (AvgIpc) is 2.61. The summed E-state index contributed by atoms with van der Waals surface area (Å²) in [6.07, 6.45) is 4.60. The first-order valence-electron chi connectivity index (χ1n) is 7.88. The predicted octanol–water partition coefficient (Wildman–Crippen LogP) is 3.19. The van der Waals surface area contributed by atoms with Crippen molar-refractivity contribution < 1.29 is 17.2 Å². The van der Waals surface area contributed by atoms with E-state index in [1.165, 1.54) is 12.3 Å². The summed E-state index contributed by atoms with van der Waals surface area (Å²) in [6.45, 7) is 0.549. The average molecular weight is 390 g/mol. The van der Waals surface area contributed by atoms with E-state index in [1.807, 2.05) is 24.1 Å². The normalized spacial score (nSPS) is 11.2. The Bertz CT molecular complexity index is 1010. The van der Waals surface area contributed by atoms with Gasteiger partial charge in [-0.15, -0.1) is 0 Å². The van der Waals surface area contributed by atoms with E-state index in [9.17, 15) is 17.2 Å². The molecule has 140 valence electrons. The lowest BCUT2D eigenvalue weighted by Gasteiger charge is -2.18. The number of hydrogen-bond donors (Lipinski definition) is 1. The second kappa shape index (κ2) is 7.67. The highest BCUT2D eigenvalue weighted by atomic mass is 32.2. The first-order chi connectivity index (χ1) is 12.8. The summed E-state index contributed by atoms with van der Waals surface area (Å²) in [5.41, 5.74) is 0.776. The number of rotatable bonds is 6. The van der Waals surface area contributed by atoms with Gasteiger partial charge in [-0.1, -0.05) is 6.07 Å². The molecule has 27 heavy (non-hydrogen) atoms. The van der Waals surface area contributed by atoms with Gasteiger partial charge in [0.15, 0.2) is 0 Å². The predicted molar refractivity (Wildman–Crippen MR) is 97.7 cm³/mol. The number of halogens is 2. The number of nitrogens with zero attached hydrogens (tertiary/aromatic N) is 3. The van der Waals surface area contributed by atoms with E-state index < -0.39 is 21.7 Å². The maximum Gasteiger partial charge on any atom is 0.263 e. The molecule has 9 heteroatoms. The van der Waals surface area contributed by atoms with Gasteiger partial charge in [0, 0.05) is 38.2 Å². The Morgan fingerprint density at radius 2 is 1.81 bits per heavy atom. The van der Waals surface area contributed by atoms with Gasteiger partial charge in [0.1, 0.15) is 22.3 Å².